The maximum absolute atomic E-state index is 2.38. The van der Waals surface area contributed by atoms with E-state index in [1.807, 2.05) is 30.3 Å². The van der Waals surface area contributed by atoms with Crippen molar-refractivity contribution in [3.8, 4) is 0 Å². The minimum atomic E-state index is -0.537. The first-order valence-electron chi connectivity index (χ1n) is 5.66. The van der Waals surface area contributed by atoms with Crippen molar-refractivity contribution in [2.45, 2.75) is 26.4 Å². The van der Waals surface area contributed by atoms with Crippen molar-refractivity contribution >= 4 is 14.0 Å². The molecule has 0 aliphatic heterocycles. The summed E-state index contributed by atoms with van der Waals surface area (Å²) in [4.78, 5) is 0. The first-order chi connectivity index (χ1) is 7.25. The predicted octanol–water partition coefficient (Wildman–Crippen LogP) is 3.06. The predicted molar refractivity (Wildman–Crippen MR) is 72.0 cm³/mol. The van der Waals surface area contributed by atoms with Crippen LogP contribution in [0.25, 0.3) is 0 Å². The normalized spacial score (nSPS) is 9.25. The van der Waals surface area contributed by atoms with Crippen LogP contribution in [0.4, 0.5) is 0 Å². The Balaban J connectivity index is 0.000000318. The SMILES string of the molecule is CCc1ccc[c-]1[SiH](C)C.[Co+2].c1cc[cH-]c1. The minimum Gasteiger partial charge on any atom is -0.214 e. The summed E-state index contributed by atoms with van der Waals surface area (Å²) in [6.45, 7) is 7.00. The molecule has 0 bridgehead atoms. The van der Waals surface area contributed by atoms with Crippen LogP contribution in [0, 0.1) is 0 Å². The van der Waals surface area contributed by atoms with Gasteiger partial charge in [-0.05, 0) is 0 Å². The molecular formula is C14H20CoSi. The maximum atomic E-state index is 2.38. The molecule has 0 unspecified atom stereocenters. The second-order valence-electron chi connectivity index (χ2n) is 3.98. The van der Waals surface area contributed by atoms with Crippen molar-refractivity contribution in [3.63, 3.8) is 0 Å². The average Bonchev–Trinajstić information content (AvgIpc) is 2.92. The molecule has 2 heteroatoms. The van der Waals surface area contributed by atoms with Gasteiger partial charge < -0.3 is 0 Å². The van der Waals surface area contributed by atoms with E-state index in [1.54, 1.807) is 10.8 Å². The van der Waals surface area contributed by atoms with E-state index in [0.29, 0.717) is 0 Å². The van der Waals surface area contributed by atoms with Gasteiger partial charge >= 0.3 is 16.8 Å². The Bertz CT molecular complexity index is 329. The largest absolute Gasteiger partial charge is 2.00 e. The summed E-state index contributed by atoms with van der Waals surface area (Å²) in [5, 5.41) is 1.66. The van der Waals surface area contributed by atoms with E-state index in [1.165, 1.54) is 6.42 Å². The van der Waals surface area contributed by atoms with Gasteiger partial charge in [-0.1, -0.05) is 26.4 Å². The second kappa shape index (κ2) is 8.56. The minimum absolute atomic E-state index is 0. The monoisotopic (exact) mass is 275 g/mol. The van der Waals surface area contributed by atoms with Crippen LogP contribution in [0.5, 0.6) is 0 Å². The van der Waals surface area contributed by atoms with E-state index in [9.17, 15) is 0 Å². The molecule has 2 aromatic rings. The molecule has 2 aromatic carbocycles. The van der Waals surface area contributed by atoms with E-state index in [0.717, 1.165) is 0 Å². The number of hydrogen-bond donors (Lipinski definition) is 0. The zero-order valence-corrected chi connectivity index (χ0v) is 12.4. The van der Waals surface area contributed by atoms with E-state index >= 15 is 0 Å². The van der Waals surface area contributed by atoms with Crippen LogP contribution in [-0.2, 0) is 23.2 Å². The standard InChI is InChI=1S/C9H15Si.C5H5.Co/c1-4-8-6-5-7-9(8)10(2)3;1-2-4-5-3-1;/h5-7,10H,4H2,1-3H3;1-5H;/q2*-1;+2. The van der Waals surface area contributed by atoms with Gasteiger partial charge in [-0.25, -0.2) is 24.3 Å². The quantitative estimate of drug-likeness (QED) is 0.584. The Labute approximate surface area is 111 Å². The summed E-state index contributed by atoms with van der Waals surface area (Å²) in [5.41, 5.74) is 1.57. The molecule has 0 heterocycles. The molecule has 0 saturated carbocycles. The zero-order chi connectivity index (χ0) is 11.1. The van der Waals surface area contributed by atoms with E-state index in [-0.39, 0.29) is 16.8 Å². The molecule has 0 N–H and O–H groups in total. The smallest absolute Gasteiger partial charge is 0.214 e. The Hall–Kier alpha value is -0.577. The van der Waals surface area contributed by atoms with Crippen LogP contribution >= 0.6 is 0 Å². The molecule has 16 heavy (non-hydrogen) atoms. The van der Waals surface area contributed by atoms with Gasteiger partial charge in [0.1, 0.15) is 0 Å². The second-order valence-corrected chi connectivity index (χ2v) is 6.91. The fourth-order valence-corrected chi connectivity index (χ4v) is 3.22. The van der Waals surface area contributed by atoms with Crippen LogP contribution in [-0.4, -0.2) is 8.80 Å². The molecule has 89 valence electrons. The average molecular weight is 275 g/mol. The van der Waals surface area contributed by atoms with Gasteiger partial charge in [0.05, 0.1) is 0 Å². The van der Waals surface area contributed by atoms with Gasteiger partial charge in [0, 0.05) is 8.80 Å². The van der Waals surface area contributed by atoms with E-state index < -0.39 is 8.80 Å². The van der Waals surface area contributed by atoms with Crippen molar-refractivity contribution in [1.82, 2.24) is 0 Å². The summed E-state index contributed by atoms with van der Waals surface area (Å²) < 4.78 is 0. The summed E-state index contributed by atoms with van der Waals surface area (Å²) >= 11 is 0. The van der Waals surface area contributed by atoms with Crippen molar-refractivity contribution in [1.29, 1.82) is 0 Å². The molecule has 0 fully saturated rings. The van der Waals surface area contributed by atoms with E-state index in [4.69, 9.17) is 0 Å². The van der Waals surface area contributed by atoms with E-state index in [2.05, 4.69) is 38.2 Å². The molecule has 0 spiro atoms. The van der Waals surface area contributed by atoms with Gasteiger partial charge in [0.25, 0.3) is 0 Å². The molecule has 0 aliphatic carbocycles. The van der Waals surface area contributed by atoms with Gasteiger partial charge in [-0.15, -0.1) is 0 Å². The summed E-state index contributed by atoms with van der Waals surface area (Å²) in [6, 6.07) is 16.7. The Morgan fingerprint density at radius 1 is 1.19 bits per heavy atom. The first-order valence-corrected chi connectivity index (χ1v) is 8.55. The molecule has 0 aromatic heterocycles. The Morgan fingerprint density at radius 3 is 2.12 bits per heavy atom. The molecule has 0 atom stereocenters. The molecule has 0 amide bonds. The van der Waals surface area contributed by atoms with Crippen LogP contribution < -0.4 is 5.19 Å². The number of aryl methyl sites for hydroxylation is 1. The summed E-state index contributed by atoms with van der Waals surface area (Å²) in [5.74, 6) is 0. The topological polar surface area (TPSA) is 0 Å². The molecule has 0 nitrogen and oxygen atoms in total. The molecule has 1 radical (unpaired) electrons. The first kappa shape index (κ1) is 15.4. The van der Waals surface area contributed by atoms with Gasteiger partial charge in [0.2, 0.25) is 0 Å². The number of rotatable bonds is 2. The van der Waals surface area contributed by atoms with Crippen molar-refractivity contribution in [2.24, 2.45) is 0 Å². The van der Waals surface area contributed by atoms with Gasteiger partial charge in [0.15, 0.2) is 0 Å². The van der Waals surface area contributed by atoms with Crippen LogP contribution in [0.2, 0.25) is 13.1 Å². The Morgan fingerprint density at radius 2 is 1.81 bits per heavy atom. The number of hydrogen-bond acceptors (Lipinski definition) is 0. The van der Waals surface area contributed by atoms with Gasteiger partial charge in [-0.3, -0.25) is 0 Å². The van der Waals surface area contributed by atoms with Crippen molar-refractivity contribution in [2.75, 3.05) is 0 Å². The molecule has 0 aliphatic rings. The van der Waals surface area contributed by atoms with Crippen molar-refractivity contribution in [3.05, 3.63) is 54.1 Å². The summed E-state index contributed by atoms with van der Waals surface area (Å²) in [7, 11) is -0.537. The third-order valence-corrected chi connectivity index (χ3v) is 4.31. The molecule has 2 rings (SSSR count). The summed E-state index contributed by atoms with van der Waals surface area (Å²) in [6.07, 6.45) is 1.20. The van der Waals surface area contributed by atoms with Crippen LogP contribution in [0.3, 0.4) is 0 Å². The van der Waals surface area contributed by atoms with Crippen LogP contribution in [0.15, 0.2) is 48.5 Å². The third kappa shape index (κ3) is 4.97. The fourth-order valence-electron chi connectivity index (χ4n) is 1.68. The maximum Gasteiger partial charge on any atom is 2.00 e. The fraction of sp³-hybridized carbons (Fsp3) is 0.286. The third-order valence-electron chi connectivity index (χ3n) is 2.50. The van der Waals surface area contributed by atoms with Gasteiger partial charge in [-0.2, -0.15) is 35.0 Å². The molecular weight excluding hydrogens is 255 g/mol. The Kier molecular flexibility index (Phi) is 8.25. The zero-order valence-electron chi connectivity index (χ0n) is 10.2. The van der Waals surface area contributed by atoms with Crippen molar-refractivity contribution < 1.29 is 16.8 Å². The van der Waals surface area contributed by atoms with Crippen LogP contribution in [0.1, 0.15) is 12.5 Å². The molecule has 0 saturated heterocycles.